The Morgan fingerprint density at radius 1 is 0.450 bits per heavy atom. The van der Waals surface area contributed by atoms with Crippen LogP contribution in [0.2, 0.25) is 0 Å². The van der Waals surface area contributed by atoms with Crippen LogP contribution in [0.15, 0.2) is 0 Å². The predicted molar refractivity (Wildman–Crippen MR) is 92.4 cm³/mol. The molecular weight excluding hydrogens is 272 g/mol. The first kappa shape index (κ1) is 23.5. The van der Waals surface area contributed by atoms with Crippen molar-refractivity contribution in [1.29, 1.82) is 0 Å². The number of hydrogen-bond donors (Lipinski definition) is 1. The molecule has 118 valence electrons. The van der Waals surface area contributed by atoms with E-state index in [4.69, 9.17) is 5.11 Å². The van der Waals surface area contributed by atoms with Crippen LogP contribution >= 0.6 is 0 Å². The molecule has 1 nitrogen and oxygen atoms in total. The molecule has 1 N–H and O–H groups in total. The Balaban J connectivity index is 0. The van der Waals surface area contributed by atoms with Gasteiger partial charge in [-0.2, -0.15) is 0 Å². The zero-order valence-electron chi connectivity index (χ0n) is 14.2. The van der Waals surface area contributed by atoms with E-state index in [9.17, 15) is 0 Å². The van der Waals surface area contributed by atoms with E-state index in [-0.39, 0.29) is 37.7 Å². The normalized spacial score (nSPS) is 10.5. The van der Waals surface area contributed by atoms with Crippen molar-refractivity contribution in [3.05, 3.63) is 0 Å². The minimum absolute atomic E-state index is 0. The van der Waals surface area contributed by atoms with Crippen molar-refractivity contribution in [2.45, 2.75) is 110 Å². The van der Waals surface area contributed by atoms with Gasteiger partial charge in [-0.25, -0.2) is 0 Å². The van der Waals surface area contributed by atoms with Gasteiger partial charge in [-0.05, 0) is 6.42 Å². The van der Waals surface area contributed by atoms with Gasteiger partial charge in [0.1, 0.15) is 0 Å². The molecule has 0 amide bonds. The number of aliphatic hydroxyl groups excluding tert-OH is 1. The predicted octanol–water partition coefficient (Wildman–Crippen LogP) is 5.86. The van der Waals surface area contributed by atoms with Gasteiger partial charge in [0.2, 0.25) is 0 Å². The van der Waals surface area contributed by atoms with Gasteiger partial charge < -0.3 is 5.11 Å². The summed E-state index contributed by atoms with van der Waals surface area (Å²) >= 11 is 0. The standard InChI is InChI=1S/C18H38O.Ca/c1-2-3-4-5-6-7-8-9-10-11-12-13-14-15-16-17-18-19;/h19H,2-18H2,1H3;. The van der Waals surface area contributed by atoms with Gasteiger partial charge in [0.25, 0.3) is 0 Å². The fraction of sp³-hybridized carbons (Fsp3) is 1.00. The second-order valence-corrected chi connectivity index (χ2v) is 6.03. The fourth-order valence-electron chi connectivity index (χ4n) is 2.66. The third-order valence-electron chi connectivity index (χ3n) is 4.01. The van der Waals surface area contributed by atoms with Crippen LogP contribution in [0.3, 0.4) is 0 Å². The SMILES string of the molecule is CCCCCCCCCCCCCCCCCCO.[Ca]. The molecule has 0 aliphatic rings. The molecular formula is C18H38CaO. The van der Waals surface area contributed by atoms with Crippen molar-refractivity contribution < 1.29 is 5.11 Å². The summed E-state index contributed by atoms with van der Waals surface area (Å²) in [5, 5.41) is 8.67. The largest absolute Gasteiger partial charge is 0.396 e. The van der Waals surface area contributed by atoms with E-state index in [0.717, 1.165) is 6.42 Å². The van der Waals surface area contributed by atoms with Crippen molar-refractivity contribution in [3.8, 4) is 0 Å². The molecule has 0 aromatic carbocycles. The maximum absolute atomic E-state index is 8.67. The van der Waals surface area contributed by atoms with Crippen LogP contribution in [0.25, 0.3) is 0 Å². The van der Waals surface area contributed by atoms with Gasteiger partial charge in [-0.3, -0.25) is 0 Å². The van der Waals surface area contributed by atoms with Gasteiger partial charge in [0, 0.05) is 44.3 Å². The minimum atomic E-state index is 0. The smallest absolute Gasteiger partial charge is 0.0431 e. The summed E-state index contributed by atoms with van der Waals surface area (Å²) in [6.07, 6.45) is 22.2. The van der Waals surface area contributed by atoms with Crippen molar-refractivity contribution in [2.24, 2.45) is 0 Å². The topological polar surface area (TPSA) is 20.2 Å². The molecule has 0 saturated carbocycles. The Labute approximate surface area is 158 Å². The van der Waals surface area contributed by atoms with Gasteiger partial charge in [0.05, 0.1) is 0 Å². The third kappa shape index (κ3) is 21.5. The average Bonchev–Trinajstić information content (AvgIpc) is 2.43. The van der Waals surface area contributed by atoms with Crippen molar-refractivity contribution in [3.63, 3.8) is 0 Å². The molecule has 0 aliphatic carbocycles. The molecule has 2 radical (unpaired) electrons. The monoisotopic (exact) mass is 310 g/mol. The Morgan fingerprint density at radius 3 is 0.950 bits per heavy atom. The zero-order chi connectivity index (χ0) is 14.0. The number of aliphatic hydroxyl groups is 1. The second-order valence-electron chi connectivity index (χ2n) is 6.03. The Kier molecular flexibility index (Phi) is 26.4. The summed E-state index contributed by atoms with van der Waals surface area (Å²) in [5.41, 5.74) is 0. The van der Waals surface area contributed by atoms with Gasteiger partial charge in [0.15, 0.2) is 0 Å². The van der Waals surface area contributed by atoms with Crippen LogP contribution in [0, 0.1) is 0 Å². The molecule has 0 spiro atoms. The van der Waals surface area contributed by atoms with E-state index in [1.54, 1.807) is 0 Å². The maximum atomic E-state index is 8.67. The molecule has 0 unspecified atom stereocenters. The molecule has 0 fully saturated rings. The Morgan fingerprint density at radius 2 is 0.700 bits per heavy atom. The maximum Gasteiger partial charge on any atom is 0.0431 e. The molecule has 20 heavy (non-hydrogen) atoms. The van der Waals surface area contributed by atoms with Crippen LogP contribution in [0.1, 0.15) is 110 Å². The van der Waals surface area contributed by atoms with E-state index in [1.165, 1.54) is 96.3 Å². The number of hydrogen-bond acceptors (Lipinski definition) is 1. The summed E-state index contributed by atoms with van der Waals surface area (Å²) < 4.78 is 0. The summed E-state index contributed by atoms with van der Waals surface area (Å²) in [6.45, 7) is 2.66. The molecule has 0 rings (SSSR count). The molecule has 0 aliphatic heterocycles. The van der Waals surface area contributed by atoms with E-state index in [0.29, 0.717) is 6.61 Å². The molecule has 0 bridgehead atoms. The number of unbranched alkanes of at least 4 members (excludes halogenated alkanes) is 15. The van der Waals surface area contributed by atoms with Gasteiger partial charge >= 0.3 is 0 Å². The van der Waals surface area contributed by atoms with E-state index < -0.39 is 0 Å². The summed E-state index contributed by atoms with van der Waals surface area (Å²) in [5.74, 6) is 0. The molecule has 0 aromatic rings. The van der Waals surface area contributed by atoms with Crippen molar-refractivity contribution >= 4 is 37.7 Å². The number of rotatable bonds is 16. The van der Waals surface area contributed by atoms with E-state index >= 15 is 0 Å². The van der Waals surface area contributed by atoms with E-state index in [1.807, 2.05) is 0 Å². The molecule has 0 atom stereocenters. The fourth-order valence-corrected chi connectivity index (χ4v) is 2.66. The Hall–Kier alpha value is 1.22. The molecule has 2 heteroatoms. The Bertz CT molecular complexity index is 134. The summed E-state index contributed by atoms with van der Waals surface area (Å²) in [4.78, 5) is 0. The molecule has 0 saturated heterocycles. The van der Waals surface area contributed by atoms with E-state index in [2.05, 4.69) is 6.92 Å². The van der Waals surface area contributed by atoms with Crippen LogP contribution in [0.5, 0.6) is 0 Å². The second kappa shape index (κ2) is 22.5. The molecule has 0 aromatic heterocycles. The first-order valence-electron chi connectivity index (χ1n) is 9.02. The average molecular weight is 311 g/mol. The van der Waals surface area contributed by atoms with Gasteiger partial charge in [-0.15, -0.1) is 0 Å². The van der Waals surface area contributed by atoms with Crippen LogP contribution in [-0.4, -0.2) is 49.5 Å². The van der Waals surface area contributed by atoms with Gasteiger partial charge in [-0.1, -0.05) is 103 Å². The van der Waals surface area contributed by atoms with Crippen molar-refractivity contribution in [1.82, 2.24) is 0 Å². The van der Waals surface area contributed by atoms with Crippen LogP contribution < -0.4 is 0 Å². The quantitative estimate of drug-likeness (QED) is 0.280. The zero-order valence-corrected chi connectivity index (χ0v) is 16.4. The van der Waals surface area contributed by atoms with Crippen molar-refractivity contribution in [2.75, 3.05) is 6.61 Å². The summed E-state index contributed by atoms with van der Waals surface area (Å²) in [6, 6.07) is 0. The third-order valence-corrected chi connectivity index (χ3v) is 4.01. The first-order valence-corrected chi connectivity index (χ1v) is 9.02. The summed E-state index contributed by atoms with van der Waals surface area (Å²) in [7, 11) is 0. The van der Waals surface area contributed by atoms with Crippen LogP contribution in [-0.2, 0) is 0 Å². The molecule has 0 heterocycles. The van der Waals surface area contributed by atoms with Crippen LogP contribution in [0.4, 0.5) is 0 Å². The first-order chi connectivity index (χ1) is 9.41. The minimum Gasteiger partial charge on any atom is -0.396 e.